The summed E-state index contributed by atoms with van der Waals surface area (Å²) in [5.41, 5.74) is 6.24. The Bertz CT molecular complexity index is 4060. The van der Waals surface area contributed by atoms with Gasteiger partial charge in [0, 0.05) is 62.0 Å². The number of aliphatic hydroxyl groups is 2. The average molecular weight is 1500 g/mol. The van der Waals surface area contributed by atoms with Crippen LogP contribution >= 0.6 is 103 Å². The third-order valence-electron chi connectivity index (χ3n) is 13.4. The summed E-state index contributed by atoms with van der Waals surface area (Å²) in [6, 6.07) is 9.81. The van der Waals surface area contributed by atoms with E-state index in [1.54, 1.807) is 88.3 Å². The maximum absolute atomic E-state index is 12.8. The fourth-order valence-corrected chi connectivity index (χ4v) is 11.7. The van der Waals surface area contributed by atoms with Crippen LogP contribution in [0.3, 0.4) is 0 Å². The Morgan fingerprint density at radius 2 is 0.953 bits per heavy atom. The number of amides is 2. The van der Waals surface area contributed by atoms with Crippen molar-refractivity contribution < 1.29 is 38.9 Å². The molecule has 7 N–H and O–H groups in total. The lowest BCUT2D eigenvalue weighted by molar-refractivity contribution is 0.0532. The lowest BCUT2D eigenvalue weighted by Crippen LogP contribution is -2.45. The van der Waals surface area contributed by atoms with Crippen molar-refractivity contribution in [3.05, 3.63) is 142 Å². The predicted molar refractivity (Wildman–Crippen MR) is 353 cm³/mol. The van der Waals surface area contributed by atoms with Crippen LogP contribution < -0.4 is 10.6 Å². The molecule has 0 spiro atoms. The molecule has 0 bridgehead atoms. The quantitative estimate of drug-likeness (QED) is 0.0809. The number of nitrogens with zero attached hydrogens (tertiary/aromatic N) is 7. The van der Waals surface area contributed by atoms with E-state index in [0.717, 1.165) is 77.8 Å². The van der Waals surface area contributed by atoms with Crippen molar-refractivity contribution >= 4 is 182 Å². The third-order valence-corrected chi connectivity index (χ3v) is 16.5. The SMILES string of the molecule is CC(C)(C)OC(=O)n1cc(C(=O)N[C@H]2CCCC[C@@H]2O)c2nccc(Cl)c21.CC(C)(C)OC(=O)n1cc(I)c2nccc(Cl)c21.Clc1ccnc2c(I)c[nH]c12.Clc1ccnc2cc[nH]c12.O=C(N[C@H]1CCCC[C@@H]1O)c1c[nH]c2c(Cl)ccnc12. The van der Waals surface area contributed by atoms with Gasteiger partial charge in [0.1, 0.15) is 33.3 Å². The molecule has 2 aliphatic rings. The van der Waals surface area contributed by atoms with Crippen molar-refractivity contribution in [1.82, 2.24) is 59.6 Å². The van der Waals surface area contributed by atoms with Gasteiger partial charge in [-0.25, -0.2) is 18.7 Å². The van der Waals surface area contributed by atoms with E-state index < -0.39 is 41.5 Å². The van der Waals surface area contributed by atoms with Gasteiger partial charge in [-0.1, -0.05) is 83.7 Å². The van der Waals surface area contributed by atoms with E-state index in [1.807, 2.05) is 39.2 Å². The number of halogens is 7. The van der Waals surface area contributed by atoms with Crippen LogP contribution in [0.5, 0.6) is 0 Å². The molecular weight excluding hydrogens is 1440 g/mol. The number of fused-ring (bicyclic) bond motifs is 5. The standard InChI is InChI=1S/C19H24ClN3O4.C14H16ClN3O2.C12H12ClIN2O2.C7H4ClIN2.C7H5ClN2/c1-19(2,3)27-18(26)23-10-11(15-16(23)12(20)8-9-21-15)17(25)22-13-6-4-5-7-14(13)24;15-9-5-6-16-12-8(7-17-13(9)12)14(20)18-10-3-1-2-4-11(10)19;1-12(2,3)18-11(17)16-6-8(14)9-10(16)7(13)4-5-15-9;8-4-1-2-10-7-5(9)3-11-6(4)7;8-5-1-3-9-6-2-4-10-7(5)6/h8-10,13-14,24H,4-7H2,1-3H3,(H,22,25);5-7,10-11,17,19H,1-4H2,(H,18,20);4-6H,1-3H3;1-3,11H;1-4,10H/t13-,14-;10-,11-;;;/m00.../s1. The molecule has 10 aromatic rings. The monoisotopic (exact) mass is 1490 g/mol. The van der Waals surface area contributed by atoms with Crippen molar-refractivity contribution in [1.29, 1.82) is 0 Å². The number of H-pyrrole nitrogens is 3. The van der Waals surface area contributed by atoms with Gasteiger partial charge in [0.25, 0.3) is 11.8 Å². The van der Waals surface area contributed by atoms with Crippen molar-refractivity contribution in [2.45, 2.75) is 128 Å². The molecule has 2 saturated carbocycles. The van der Waals surface area contributed by atoms with Gasteiger partial charge in [-0.3, -0.25) is 34.5 Å². The number of carbonyl (C=O) groups is 4. The van der Waals surface area contributed by atoms with Gasteiger partial charge in [0.15, 0.2) is 0 Å². The summed E-state index contributed by atoms with van der Waals surface area (Å²) in [4.78, 5) is 79.8. The van der Waals surface area contributed by atoms with E-state index in [9.17, 15) is 29.4 Å². The molecule has 0 radical (unpaired) electrons. The molecule has 2 amide bonds. The highest BCUT2D eigenvalue weighted by Gasteiger charge is 2.30. The highest BCUT2D eigenvalue weighted by molar-refractivity contribution is 14.1. The third kappa shape index (κ3) is 16.5. The van der Waals surface area contributed by atoms with Gasteiger partial charge < -0.3 is 45.3 Å². The molecule has 0 aromatic carbocycles. The van der Waals surface area contributed by atoms with Gasteiger partial charge in [0.05, 0.1) is 101 Å². The minimum atomic E-state index is -0.697. The maximum atomic E-state index is 12.8. The molecule has 10 aromatic heterocycles. The summed E-state index contributed by atoms with van der Waals surface area (Å²) < 4.78 is 15.3. The molecule has 454 valence electrons. The van der Waals surface area contributed by atoms with E-state index >= 15 is 0 Å². The number of aromatic nitrogens is 10. The Hall–Kier alpha value is -5.84. The first kappa shape index (κ1) is 66.1. The van der Waals surface area contributed by atoms with E-state index in [2.05, 4.69) is 95.7 Å². The summed E-state index contributed by atoms with van der Waals surface area (Å²) in [5.74, 6) is -0.625. The first-order valence-electron chi connectivity index (χ1n) is 27.2. The van der Waals surface area contributed by atoms with Crippen LogP contribution in [0.15, 0.2) is 98.4 Å². The molecule has 0 saturated heterocycles. The van der Waals surface area contributed by atoms with Crippen LogP contribution in [0.2, 0.25) is 25.1 Å². The van der Waals surface area contributed by atoms with Gasteiger partial charge in [-0.2, -0.15) is 0 Å². The molecule has 4 atom stereocenters. The lowest BCUT2D eigenvalue weighted by Gasteiger charge is -2.28. The molecule has 2 aliphatic carbocycles. The highest BCUT2D eigenvalue weighted by Crippen LogP contribution is 2.31. The Morgan fingerprint density at radius 1 is 0.523 bits per heavy atom. The summed E-state index contributed by atoms with van der Waals surface area (Å²) in [7, 11) is 0. The minimum absolute atomic E-state index is 0.180. The van der Waals surface area contributed by atoms with Gasteiger partial charge in [-0.05, 0) is 149 Å². The number of ether oxygens (including phenoxy) is 2. The first-order chi connectivity index (χ1) is 40.8. The van der Waals surface area contributed by atoms with Crippen molar-refractivity contribution in [2.24, 2.45) is 0 Å². The fourth-order valence-electron chi connectivity index (χ4n) is 9.37. The van der Waals surface area contributed by atoms with Crippen LogP contribution in [-0.4, -0.2) is 119 Å². The Balaban J connectivity index is 0.000000146. The highest BCUT2D eigenvalue weighted by atomic mass is 127. The van der Waals surface area contributed by atoms with Crippen LogP contribution in [0.4, 0.5) is 9.59 Å². The van der Waals surface area contributed by atoms with E-state index in [4.69, 9.17) is 67.5 Å². The zero-order valence-electron chi connectivity index (χ0n) is 47.3. The summed E-state index contributed by atoms with van der Waals surface area (Å²) in [6.45, 7) is 10.7. The number of aliphatic hydroxyl groups excluding tert-OH is 2. The van der Waals surface area contributed by atoms with Gasteiger partial charge >= 0.3 is 12.2 Å². The number of aromatic amines is 3. The number of hydrogen-bond acceptors (Lipinski definition) is 13. The van der Waals surface area contributed by atoms with E-state index in [-0.39, 0.29) is 23.6 Å². The zero-order chi connectivity index (χ0) is 62.2. The summed E-state index contributed by atoms with van der Waals surface area (Å²) in [6.07, 6.45) is 21.2. The van der Waals surface area contributed by atoms with Gasteiger partial charge in [0.2, 0.25) is 0 Å². The second-order valence-electron chi connectivity index (χ2n) is 22.0. The number of pyridine rings is 5. The summed E-state index contributed by atoms with van der Waals surface area (Å²) in [5, 5.41) is 28.5. The van der Waals surface area contributed by atoms with Crippen molar-refractivity contribution in [3.8, 4) is 0 Å². The van der Waals surface area contributed by atoms with Crippen molar-refractivity contribution in [3.63, 3.8) is 0 Å². The Kier molecular flexibility index (Phi) is 22.3. The van der Waals surface area contributed by atoms with Crippen LogP contribution in [-0.2, 0) is 9.47 Å². The number of carbonyl (C=O) groups excluding carboxylic acids is 4. The molecule has 2 fully saturated rings. The minimum Gasteiger partial charge on any atom is -0.443 e. The molecular formula is C59H61Cl5I2N12O8. The lowest BCUT2D eigenvalue weighted by atomic mass is 9.92. The molecule has 27 heteroatoms. The van der Waals surface area contributed by atoms with E-state index in [0.29, 0.717) is 66.6 Å². The second kappa shape index (κ2) is 29.0. The van der Waals surface area contributed by atoms with Crippen LogP contribution in [0, 0.1) is 7.14 Å². The Labute approximate surface area is 546 Å². The van der Waals surface area contributed by atoms with Gasteiger partial charge in [-0.15, -0.1) is 0 Å². The smallest absolute Gasteiger partial charge is 0.419 e. The first-order valence-corrected chi connectivity index (χ1v) is 31.2. The van der Waals surface area contributed by atoms with Crippen LogP contribution in [0.1, 0.15) is 114 Å². The normalized spacial score (nSPS) is 16.8. The molecule has 12 rings (SSSR count). The topological polar surface area (TPSA) is 273 Å². The number of rotatable bonds is 4. The summed E-state index contributed by atoms with van der Waals surface area (Å²) >= 11 is 34.5. The van der Waals surface area contributed by atoms with E-state index in [1.165, 1.54) is 21.5 Å². The largest absolute Gasteiger partial charge is 0.443 e. The molecule has 10 heterocycles. The average Bonchev–Trinajstić information content (AvgIpc) is 3.20. The zero-order valence-corrected chi connectivity index (χ0v) is 55.4. The van der Waals surface area contributed by atoms with Crippen molar-refractivity contribution in [2.75, 3.05) is 0 Å². The maximum Gasteiger partial charge on any atom is 0.419 e. The molecule has 0 unspecified atom stereocenters. The number of nitrogens with one attached hydrogen (secondary N) is 5. The second-order valence-corrected chi connectivity index (χ2v) is 26.3. The molecule has 86 heavy (non-hydrogen) atoms. The molecule has 0 aliphatic heterocycles. The molecule has 20 nitrogen and oxygen atoms in total. The fraction of sp³-hybridized carbons (Fsp3) is 0.339. The Morgan fingerprint density at radius 3 is 1.48 bits per heavy atom. The number of hydrogen-bond donors (Lipinski definition) is 7. The van der Waals surface area contributed by atoms with Crippen LogP contribution in [0.25, 0.3) is 55.2 Å². The predicted octanol–water partition coefficient (Wildman–Crippen LogP) is 14.9.